The molecule has 2 N–H and O–H groups in total. The molecule has 0 radical (unpaired) electrons. The zero-order valence-corrected chi connectivity index (χ0v) is 12.1. The highest BCUT2D eigenvalue weighted by molar-refractivity contribution is 5.26. The molecule has 0 saturated heterocycles. The summed E-state index contributed by atoms with van der Waals surface area (Å²) in [4.78, 5) is 0. The molecule has 1 fully saturated rings. The Morgan fingerprint density at radius 3 is 2.42 bits per heavy atom. The molecule has 19 heavy (non-hydrogen) atoms. The molecule has 1 aliphatic rings. The maximum Gasteiger partial charge on any atom is 0.0499 e. The van der Waals surface area contributed by atoms with Gasteiger partial charge in [0.1, 0.15) is 0 Å². The van der Waals surface area contributed by atoms with Gasteiger partial charge in [0.05, 0.1) is 0 Å². The molecule has 0 unspecified atom stereocenters. The van der Waals surface area contributed by atoms with Gasteiger partial charge in [-0.15, -0.1) is 0 Å². The third-order valence-electron chi connectivity index (χ3n) is 4.56. The lowest BCUT2D eigenvalue weighted by Gasteiger charge is -2.36. The molecule has 0 heterocycles. The van der Waals surface area contributed by atoms with Crippen LogP contribution in [0.5, 0.6) is 0 Å². The largest absolute Gasteiger partial charge is 0.396 e. The van der Waals surface area contributed by atoms with Crippen LogP contribution in [0, 0.1) is 5.41 Å². The van der Waals surface area contributed by atoms with Crippen LogP contribution >= 0.6 is 0 Å². The summed E-state index contributed by atoms with van der Waals surface area (Å²) in [5.74, 6) is 0. The Balaban J connectivity index is 1.88. The summed E-state index contributed by atoms with van der Waals surface area (Å²) in [5.41, 5.74) is 2.96. The number of hydrogen-bond acceptors (Lipinski definition) is 2. The van der Waals surface area contributed by atoms with E-state index in [1.165, 1.54) is 43.2 Å². The lowest BCUT2D eigenvalue weighted by Crippen LogP contribution is -2.38. The van der Waals surface area contributed by atoms with Gasteiger partial charge in [0, 0.05) is 25.1 Å². The van der Waals surface area contributed by atoms with Gasteiger partial charge in [0.15, 0.2) is 0 Å². The first kappa shape index (κ1) is 14.5. The number of aliphatic hydroxyl groups excluding tert-OH is 1. The highest BCUT2D eigenvalue weighted by Gasteiger charge is 2.30. The number of rotatable bonds is 6. The molecule has 2 nitrogen and oxygen atoms in total. The third-order valence-corrected chi connectivity index (χ3v) is 4.56. The average molecular weight is 261 g/mol. The summed E-state index contributed by atoms with van der Waals surface area (Å²) in [6, 6.07) is 8.63. The van der Waals surface area contributed by atoms with Crippen LogP contribution in [-0.4, -0.2) is 18.3 Å². The predicted molar refractivity (Wildman–Crippen MR) is 80.1 cm³/mol. The zero-order valence-electron chi connectivity index (χ0n) is 12.1. The van der Waals surface area contributed by atoms with Gasteiger partial charge in [-0.2, -0.15) is 0 Å². The lowest BCUT2D eigenvalue weighted by molar-refractivity contribution is 0.0810. The van der Waals surface area contributed by atoms with Crippen LogP contribution in [0.25, 0.3) is 0 Å². The fourth-order valence-electron chi connectivity index (χ4n) is 3.23. The normalized spacial score (nSPS) is 18.4. The van der Waals surface area contributed by atoms with Gasteiger partial charge in [0.25, 0.3) is 0 Å². The maximum atomic E-state index is 9.70. The Morgan fingerprint density at radius 1 is 1.11 bits per heavy atom. The minimum absolute atomic E-state index is 0.138. The van der Waals surface area contributed by atoms with E-state index in [0.717, 1.165) is 19.5 Å². The molecule has 1 aliphatic carbocycles. The Kier molecular flexibility index (Phi) is 5.41. The van der Waals surface area contributed by atoms with Crippen LogP contribution in [0.3, 0.4) is 0 Å². The van der Waals surface area contributed by atoms with Crippen molar-refractivity contribution in [3.63, 3.8) is 0 Å². The van der Waals surface area contributed by atoms with E-state index in [1.807, 2.05) is 0 Å². The van der Waals surface area contributed by atoms with E-state index in [0.29, 0.717) is 6.61 Å². The molecule has 1 aromatic carbocycles. The molecule has 1 saturated carbocycles. The fraction of sp³-hybridized carbons (Fsp3) is 0.647. The molecular formula is C17H27NO. The minimum atomic E-state index is 0.138. The van der Waals surface area contributed by atoms with Gasteiger partial charge >= 0.3 is 0 Å². The monoisotopic (exact) mass is 261 g/mol. The smallest absolute Gasteiger partial charge is 0.0499 e. The molecule has 0 atom stereocenters. The summed E-state index contributed by atoms with van der Waals surface area (Å²) in [7, 11) is 0. The zero-order chi connectivity index (χ0) is 13.6. The second-order valence-corrected chi connectivity index (χ2v) is 5.94. The third kappa shape index (κ3) is 3.80. The molecule has 0 aliphatic heterocycles. The van der Waals surface area contributed by atoms with Gasteiger partial charge in [-0.05, 0) is 30.4 Å². The quantitative estimate of drug-likeness (QED) is 0.823. The molecule has 0 aromatic heterocycles. The summed E-state index contributed by atoms with van der Waals surface area (Å²) in [6.07, 6.45) is 7.31. The van der Waals surface area contributed by atoms with Crippen LogP contribution in [0.4, 0.5) is 0 Å². The van der Waals surface area contributed by atoms with Crippen LogP contribution in [-0.2, 0) is 13.0 Å². The first-order chi connectivity index (χ1) is 9.29. The molecule has 0 spiro atoms. The number of benzene rings is 1. The SMILES string of the molecule is CCc1ccccc1CNCC1(CO)CCCCC1. The van der Waals surface area contributed by atoms with Gasteiger partial charge in [-0.1, -0.05) is 50.5 Å². The Hall–Kier alpha value is -0.860. The van der Waals surface area contributed by atoms with Crippen molar-refractivity contribution >= 4 is 0 Å². The van der Waals surface area contributed by atoms with Crippen molar-refractivity contribution in [3.05, 3.63) is 35.4 Å². The van der Waals surface area contributed by atoms with Crippen molar-refractivity contribution in [2.45, 2.75) is 52.0 Å². The van der Waals surface area contributed by atoms with E-state index in [4.69, 9.17) is 0 Å². The number of hydrogen-bond donors (Lipinski definition) is 2. The average Bonchev–Trinajstić information content (AvgIpc) is 2.49. The number of aryl methyl sites for hydroxylation is 1. The summed E-state index contributed by atoms with van der Waals surface area (Å²) >= 11 is 0. The van der Waals surface area contributed by atoms with Crippen LogP contribution in [0.1, 0.15) is 50.2 Å². The Labute approximate surface area is 117 Å². The first-order valence-corrected chi connectivity index (χ1v) is 7.68. The van der Waals surface area contributed by atoms with Crippen LogP contribution < -0.4 is 5.32 Å². The summed E-state index contributed by atoms with van der Waals surface area (Å²) in [5, 5.41) is 13.3. The van der Waals surface area contributed by atoms with Crippen LogP contribution in [0.2, 0.25) is 0 Å². The van der Waals surface area contributed by atoms with E-state index in [1.54, 1.807) is 0 Å². The fourth-order valence-corrected chi connectivity index (χ4v) is 3.23. The summed E-state index contributed by atoms with van der Waals surface area (Å²) < 4.78 is 0. The van der Waals surface area contributed by atoms with E-state index >= 15 is 0 Å². The Morgan fingerprint density at radius 2 is 1.79 bits per heavy atom. The number of aliphatic hydroxyl groups is 1. The van der Waals surface area contributed by atoms with E-state index < -0.39 is 0 Å². The molecule has 0 bridgehead atoms. The van der Waals surface area contributed by atoms with E-state index in [9.17, 15) is 5.11 Å². The summed E-state index contributed by atoms with van der Waals surface area (Å²) in [6.45, 7) is 4.40. The molecule has 1 aromatic rings. The molecule has 2 rings (SSSR count). The van der Waals surface area contributed by atoms with Crippen molar-refractivity contribution in [1.82, 2.24) is 5.32 Å². The number of nitrogens with one attached hydrogen (secondary N) is 1. The predicted octanol–water partition coefficient (Wildman–Crippen LogP) is 3.28. The van der Waals surface area contributed by atoms with Crippen molar-refractivity contribution in [2.75, 3.05) is 13.2 Å². The van der Waals surface area contributed by atoms with E-state index in [-0.39, 0.29) is 5.41 Å². The standard InChI is InChI=1S/C17H27NO/c1-2-15-8-4-5-9-16(15)12-18-13-17(14-19)10-6-3-7-11-17/h4-5,8-9,18-19H,2-3,6-7,10-14H2,1H3. The van der Waals surface area contributed by atoms with E-state index in [2.05, 4.69) is 36.5 Å². The van der Waals surface area contributed by atoms with Crippen molar-refractivity contribution in [2.24, 2.45) is 5.41 Å². The minimum Gasteiger partial charge on any atom is -0.396 e. The highest BCUT2D eigenvalue weighted by Crippen LogP contribution is 2.35. The van der Waals surface area contributed by atoms with Crippen molar-refractivity contribution in [3.8, 4) is 0 Å². The Bertz CT molecular complexity index is 383. The van der Waals surface area contributed by atoms with Gasteiger partial charge < -0.3 is 10.4 Å². The van der Waals surface area contributed by atoms with Gasteiger partial charge in [-0.3, -0.25) is 0 Å². The highest BCUT2D eigenvalue weighted by atomic mass is 16.3. The van der Waals surface area contributed by atoms with Gasteiger partial charge in [0.2, 0.25) is 0 Å². The second-order valence-electron chi connectivity index (χ2n) is 5.94. The topological polar surface area (TPSA) is 32.3 Å². The molecule has 106 valence electrons. The maximum absolute atomic E-state index is 9.70. The molecular weight excluding hydrogens is 234 g/mol. The van der Waals surface area contributed by atoms with Gasteiger partial charge in [-0.25, -0.2) is 0 Å². The molecule has 0 amide bonds. The lowest BCUT2D eigenvalue weighted by atomic mass is 9.74. The van der Waals surface area contributed by atoms with Crippen molar-refractivity contribution < 1.29 is 5.11 Å². The van der Waals surface area contributed by atoms with Crippen molar-refractivity contribution in [1.29, 1.82) is 0 Å². The van der Waals surface area contributed by atoms with Crippen LogP contribution in [0.15, 0.2) is 24.3 Å². The first-order valence-electron chi connectivity index (χ1n) is 7.68. The molecule has 2 heteroatoms. The second kappa shape index (κ2) is 7.06.